The van der Waals surface area contributed by atoms with Gasteiger partial charge in [-0.1, -0.05) is 0 Å². The van der Waals surface area contributed by atoms with E-state index in [0.29, 0.717) is 39.1 Å². The van der Waals surface area contributed by atoms with Gasteiger partial charge in [-0.3, -0.25) is 4.79 Å². The van der Waals surface area contributed by atoms with Crippen LogP contribution in [-0.2, 0) is 10.3 Å². The summed E-state index contributed by atoms with van der Waals surface area (Å²) in [5.74, 6) is -0.303. The summed E-state index contributed by atoms with van der Waals surface area (Å²) < 4.78 is 7.02. The van der Waals surface area contributed by atoms with Crippen LogP contribution in [0.25, 0.3) is 0 Å². The molecule has 21 heavy (non-hydrogen) atoms. The predicted molar refractivity (Wildman–Crippen MR) is 77.9 cm³/mol. The van der Waals surface area contributed by atoms with Crippen molar-refractivity contribution >= 4 is 5.91 Å². The van der Waals surface area contributed by atoms with Crippen molar-refractivity contribution in [1.29, 1.82) is 0 Å². The summed E-state index contributed by atoms with van der Waals surface area (Å²) in [5, 5.41) is 13.7. The topological polar surface area (TPSA) is 102 Å². The van der Waals surface area contributed by atoms with Crippen LogP contribution in [0.1, 0.15) is 37.3 Å². The number of aliphatic hydroxyl groups is 1. The Bertz CT molecular complexity index is 492. The van der Waals surface area contributed by atoms with E-state index in [9.17, 15) is 9.90 Å². The van der Waals surface area contributed by atoms with Crippen molar-refractivity contribution in [2.75, 3.05) is 26.3 Å². The third kappa shape index (κ3) is 3.81. The van der Waals surface area contributed by atoms with Gasteiger partial charge in [-0.2, -0.15) is 0 Å². The van der Waals surface area contributed by atoms with Crippen LogP contribution in [0.2, 0.25) is 0 Å². The highest BCUT2D eigenvalue weighted by Crippen LogP contribution is 2.21. The summed E-state index contributed by atoms with van der Waals surface area (Å²) in [7, 11) is 0. The molecule has 7 heteroatoms. The molecule has 0 atom stereocenters. The van der Waals surface area contributed by atoms with Gasteiger partial charge in [-0.05, 0) is 13.8 Å². The van der Waals surface area contributed by atoms with Crippen molar-refractivity contribution < 1.29 is 14.6 Å². The minimum absolute atomic E-state index is 0.242. The van der Waals surface area contributed by atoms with Crippen molar-refractivity contribution in [2.24, 2.45) is 5.73 Å². The van der Waals surface area contributed by atoms with Crippen LogP contribution in [0.3, 0.4) is 0 Å². The van der Waals surface area contributed by atoms with E-state index in [2.05, 4.69) is 10.3 Å². The molecule has 1 aromatic heterocycles. The second-order valence-electron chi connectivity index (χ2n) is 6.24. The van der Waals surface area contributed by atoms with Gasteiger partial charge in [0.15, 0.2) is 5.82 Å². The van der Waals surface area contributed by atoms with Crippen molar-refractivity contribution in [3.8, 4) is 0 Å². The third-order valence-electron chi connectivity index (χ3n) is 3.95. The predicted octanol–water partition coefficient (Wildman–Crippen LogP) is -0.152. The standard InChI is InChI=1S/C14H24N4O3/c1-13(2,18-6-5-17-12(18)11(15)19)9-16-10-14(20)3-7-21-8-4-14/h5-6,16,20H,3-4,7-10H2,1-2H3,(H2,15,19). The van der Waals surface area contributed by atoms with Crippen LogP contribution in [0.4, 0.5) is 0 Å². The number of hydrogen-bond acceptors (Lipinski definition) is 5. The summed E-state index contributed by atoms with van der Waals surface area (Å²) in [4.78, 5) is 15.4. The number of amides is 1. The molecule has 0 radical (unpaired) electrons. The first-order valence-electron chi connectivity index (χ1n) is 7.19. The lowest BCUT2D eigenvalue weighted by atomic mass is 9.94. The normalized spacial score (nSPS) is 18.6. The van der Waals surface area contributed by atoms with Gasteiger partial charge >= 0.3 is 0 Å². The number of carbonyl (C=O) groups is 1. The van der Waals surface area contributed by atoms with Gasteiger partial charge in [0.2, 0.25) is 0 Å². The second kappa shape index (κ2) is 6.13. The number of carbonyl (C=O) groups excluding carboxylic acids is 1. The molecule has 0 spiro atoms. The Kier molecular flexibility index (Phi) is 4.65. The van der Waals surface area contributed by atoms with E-state index >= 15 is 0 Å². The monoisotopic (exact) mass is 296 g/mol. The number of primary amides is 1. The molecule has 1 aliphatic rings. The Morgan fingerprint density at radius 1 is 1.57 bits per heavy atom. The molecular formula is C14H24N4O3. The minimum Gasteiger partial charge on any atom is -0.388 e. The maximum absolute atomic E-state index is 11.4. The zero-order valence-electron chi connectivity index (χ0n) is 12.6. The molecule has 7 nitrogen and oxygen atoms in total. The van der Waals surface area contributed by atoms with Crippen molar-refractivity contribution in [3.63, 3.8) is 0 Å². The van der Waals surface area contributed by atoms with E-state index in [1.54, 1.807) is 17.0 Å². The van der Waals surface area contributed by atoms with Gasteiger partial charge in [0.25, 0.3) is 5.91 Å². The minimum atomic E-state index is -0.713. The summed E-state index contributed by atoms with van der Waals surface area (Å²) >= 11 is 0. The molecule has 118 valence electrons. The Morgan fingerprint density at radius 2 is 2.24 bits per heavy atom. The third-order valence-corrected chi connectivity index (χ3v) is 3.95. The van der Waals surface area contributed by atoms with Crippen molar-refractivity contribution in [2.45, 2.75) is 37.8 Å². The lowest BCUT2D eigenvalue weighted by Gasteiger charge is -2.34. The molecule has 0 aromatic carbocycles. The molecular weight excluding hydrogens is 272 g/mol. The number of ether oxygens (including phenoxy) is 1. The zero-order chi connectivity index (χ0) is 15.5. The highest BCUT2D eigenvalue weighted by molar-refractivity contribution is 5.89. The van der Waals surface area contributed by atoms with Crippen LogP contribution >= 0.6 is 0 Å². The fraction of sp³-hybridized carbons (Fsp3) is 0.714. The van der Waals surface area contributed by atoms with Gasteiger partial charge in [-0.25, -0.2) is 4.98 Å². The van der Waals surface area contributed by atoms with Crippen LogP contribution < -0.4 is 11.1 Å². The van der Waals surface area contributed by atoms with Crippen LogP contribution in [0.5, 0.6) is 0 Å². The van der Waals surface area contributed by atoms with Gasteiger partial charge in [0.1, 0.15) is 0 Å². The van der Waals surface area contributed by atoms with Gasteiger partial charge < -0.3 is 25.5 Å². The van der Waals surface area contributed by atoms with Crippen LogP contribution in [0, 0.1) is 0 Å². The SMILES string of the molecule is CC(C)(CNCC1(O)CCOCC1)n1ccnc1C(N)=O. The van der Waals surface area contributed by atoms with Gasteiger partial charge in [-0.15, -0.1) is 0 Å². The fourth-order valence-electron chi connectivity index (χ4n) is 2.59. The molecule has 1 aromatic rings. The van der Waals surface area contributed by atoms with Gasteiger partial charge in [0.05, 0.1) is 11.1 Å². The largest absolute Gasteiger partial charge is 0.388 e. The molecule has 1 fully saturated rings. The number of nitrogens with zero attached hydrogens (tertiary/aromatic N) is 2. The molecule has 2 heterocycles. The highest BCUT2D eigenvalue weighted by Gasteiger charge is 2.31. The van der Waals surface area contributed by atoms with Crippen LogP contribution in [-0.4, -0.2) is 52.5 Å². The summed E-state index contributed by atoms with van der Waals surface area (Å²) in [5.41, 5.74) is 4.24. The quantitative estimate of drug-likeness (QED) is 0.677. The van der Waals surface area contributed by atoms with E-state index in [0.717, 1.165) is 0 Å². The van der Waals surface area contributed by atoms with Crippen molar-refractivity contribution in [3.05, 3.63) is 18.2 Å². The lowest BCUT2D eigenvalue weighted by molar-refractivity contribution is -0.0621. The average molecular weight is 296 g/mol. The number of hydrogen-bond donors (Lipinski definition) is 3. The van der Waals surface area contributed by atoms with E-state index < -0.39 is 11.5 Å². The zero-order valence-corrected chi connectivity index (χ0v) is 12.6. The summed E-state index contributed by atoms with van der Waals surface area (Å²) in [6.45, 7) is 6.25. The second-order valence-corrected chi connectivity index (χ2v) is 6.24. The smallest absolute Gasteiger partial charge is 0.284 e. The average Bonchev–Trinajstić information content (AvgIpc) is 2.89. The summed E-state index contributed by atoms with van der Waals surface area (Å²) in [6.07, 6.45) is 4.58. The lowest BCUT2D eigenvalue weighted by Crippen LogP contribution is -2.49. The number of imidazole rings is 1. The molecule has 4 N–H and O–H groups in total. The molecule has 0 bridgehead atoms. The Balaban J connectivity index is 1.94. The van der Waals surface area contributed by atoms with E-state index in [-0.39, 0.29) is 11.4 Å². The van der Waals surface area contributed by atoms with E-state index in [4.69, 9.17) is 10.5 Å². The van der Waals surface area contributed by atoms with E-state index in [1.165, 1.54) is 0 Å². The van der Waals surface area contributed by atoms with Crippen LogP contribution in [0.15, 0.2) is 12.4 Å². The Labute approximate surface area is 124 Å². The first kappa shape index (κ1) is 15.9. The number of nitrogens with one attached hydrogen (secondary N) is 1. The first-order valence-corrected chi connectivity index (χ1v) is 7.19. The molecule has 1 saturated heterocycles. The number of nitrogens with two attached hydrogens (primary N) is 1. The van der Waals surface area contributed by atoms with Gasteiger partial charge in [0, 0.05) is 51.5 Å². The molecule has 0 saturated carbocycles. The number of aromatic nitrogens is 2. The Hall–Kier alpha value is -1.44. The molecule has 0 unspecified atom stereocenters. The molecule has 0 aliphatic carbocycles. The first-order chi connectivity index (χ1) is 9.84. The molecule has 1 aliphatic heterocycles. The maximum Gasteiger partial charge on any atom is 0.284 e. The summed E-state index contributed by atoms with van der Waals surface area (Å²) in [6, 6.07) is 0. The Morgan fingerprint density at radius 3 is 2.86 bits per heavy atom. The number of rotatable bonds is 6. The fourth-order valence-corrected chi connectivity index (χ4v) is 2.59. The van der Waals surface area contributed by atoms with E-state index in [1.807, 2.05) is 13.8 Å². The van der Waals surface area contributed by atoms with Crippen molar-refractivity contribution in [1.82, 2.24) is 14.9 Å². The molecule has 2 rings (SSSR count). The highest BCUT2D eigenvalue weighted by atomic mass is 16.5. The maximum atomic E-state index is 11.4. The molecule has 1 amide bonds.